The Bertz CT molecular complexity index is 510. The molecule has 0 bridgehead atoms. The largest absolute Gasteiger partial charge is 0.466 e. The maximum atomic E-state index is 11.1. The molecule has 0 unspecified atom stereocenters. The number of nitrogens with one attached hydrogen (secondary N) is 1. The third kappa shape index (κ3) is 4.77. The molecule has 1 N–H and O–H groups in total. The van der Waals surface area contributed by atoms with Crippen LogP contribution in [-0.2, 0) is 20.7 Å². The Labute approximate surface area is 125 Å². The highest BCUT2D eigenvalue weighted by Gasteiger charge is 2.28. The summed E-state index contributed by atoms with van der Waals surface area (Å²) in [4.78, 5) is 23.6. The predicted molar refractivity (Wildman–Crippen MR) is 81.1 cm³/mol. The van der Waals surface area contributed by atoms with Crippen LogP contribution in [0.3, 0.4) is 0 Å². The molecule has 0 spiro atoms. The molecule has 1 aromatic carbocycles. The second kappa shape index (κ2) is 7.11. The van der Waals surface area contributed by atoms with Gasteiger partial charge in [0.1, 0.15) is 0 Å². The molecule has 1 amide bonds. The number of esters is 1. The number of aryl methyl sites for hydroxylation is 1. The standard InChI is InChI=1S/C16H22N2O3/c1-12(19)18-10-16(11-18)17-15-7-3-5-14(9-15)6-4-8-21-13(2)20/h3,5,7,9,16-17H,4,6,8,10-11H2,1-2H3. The lowest BCUT2D eigenvalue weighted by molar-refractivity contribution is -0.141. The second-order valence-corrected chi connectivity index (χ2v) is 5.41. The first kappa shape index (κ1) is 15.4. The number of anilines is 1. The van der Waals surface area contributed by atoms with Gasteiger partial charge in [0.25, 0.3) is 0 Å². The zero-order chi connectivity index (χ0) is 15.2. The molecule has 1 aliphatic heterocycles. The predicted octanol–water partition coefficient (Wildman–Crippen LogP) is 1.82. The Kier molecular flexibility index (Phi) is 5.20. The average molecular weight is 290 g/mol. The van der Waals surface area contributed by atoms with E-state index >= 15 is 0 Å². The van der Waals surface area contributed by atoms with E-state index in [4.69, 9.17) is 4.74 Å². The fraction of sp³-hybridized carbons (Fsp3) is 0.500. The zero-order valence-electron chi connectivity index (χ0n) is 12.6. The van der Waals surface area contributed by atoms with E-state index in [-0.39, 0.29) is 11.9 Å². The van der Waals surface area contributed by atoms with Crippen LogP contribution in [0.15, 0.2) is 24.3 Å². The van der Waals surface area contributed by atoms with Gasteiger partial charge in [-0.2, -0.15) is 0 Å². The first-order chi connectivity index (χ1) is 10.0. The Hall–Kier alpha value is -2.04. The molecule has 1 heterocycles. The summed E-state index contributed by atoms with van der Waals surface area (Å²) < 4.78 is 4.93. The molecule has 1 saturated heterocycles. The summed E-state index contributed by atoms with van der Waals surface area (Å²) in [6, 6.07) is 8.58. The monoisotopic (exact) mass is 290 g/mol. The molecule has 21 heavy (non-hydrogen) atoms. The van der Waals surface area contributed by atoms with Gasteiger partial charge in [0.2, 0.25) is 5.91 Å². The second-order valence-electron chi connectivity index (χ2n) is 5.41. The van der Waals surface area contributed by atoms with Gasteiger partial charge in [-0.25, -0.2) is 0 Å². The van der Waals surface area contributed by atoms with Gasteiger partial charge in [-0.05, 0) is 30.5 Å². The molecule has 114 valence electrons. The summed E-state index contributed by atoms with van der Waals surface area (Å²) in [5, 5.41) is 3.43. The molecule has 5 heteroatoms. The maximum Gasteiger partial charge on any atom is 0.302 e. The number of rotatable bonds is 6. The van der Waals surface area contributed by atoms with Crippen LogP contribution in [0.4, 0.5) is 5.69 Å². The summed E-state index contributed by atoms with van der Waals surface area (Å²) in [5.41, 5.74) is 2.29. The van der Waals surface area contributed by atoms with E-state index in [1.54, 1.807) is 6.92 Å². The molecule has 0 atom stereocenters. The fourth-order valence-corrected chi connectivity index (χ4v) is 2.37. The first-order valence-corrected chi connectivity index (χ1v) is 7.29. The highest BCUT2D eigenvalue weighted by Crippen LogP contribution is 2.17. The van der Waals surface area contributed by atoms with Crippen molar-refractivity contribution in [2.45, 2.75) is 32.7 Å². The van der Waals surface area contributed by atoms with Crippen molar-refractivity contribution in [3.8, 4) is 0 Å². The van der Waals surface area contributed by atoms with E-state index in [1.807, 2.05) is 17.0 Å². The lowest BCUT2D eigenvalue weighted by Crippen LogP contribution is -2.56. The minimum atomic E-state index is -0.231. The van der Waals surface area contributed by atoms with E-state index in [1.165, 1.54) is 12.5 Å². The minimum absolute atomic E-state index is 0.132. The molecule has 0 aliphatic carbocycles. The average Bonchev–Trinajstić information content (AvgIpc) is 2.38. The molecule has 0 saturated carbocycles. The van der Waals surface area contributed by atoms with Crippen LogP contribution in [-0.4, -0.2) is 42.5 Å². The van der Waals surface area contributed by atoms with Crippen molar-refractivity contribution >= 4 is 17.6 Å². The van der Waals surface area contributed by atoms with Gasteiger partial charge in [-0.1, -0.05) is 12.1 Å². The van der Waals surface area contributed by atoms with Crippen molar-refractivity contribution in [3.63, 3.8) is 0 Å². The van der Waals surface area contributed by atoms with E-state index < -0.39 is 0 Å². The van der Waals surface area contributed by atoms with Crippen molar-refractivity contribution in [1.82, 2.24) is 4.90 Å². The summed E-state index contributed by atoms with van der Waals surface area (Å²) in [7, 11) is 0. The lowest BCUT2D eigenvalue weighted by atomic mass is 10.1. The first-order valence-electron chi connectivity index (χ1n) is 7.29. The van der Waals surface area contributed by atoms with Gasteiger partial charge in [0.05, 0.1) is 12.6 Å². The summed E-state index contributed by atoms with van der Waals surface area (Å²) in [6.45, 7) is 5.02. The SMILES string of the molecule is CC(=O)OCCCc1cccc(NC2CN(C(C)=O)C2)c1. The van der Waals surface area contributed by atoms with Gasteiger partial charge in [-0.15, -0.1) is 0 Å². The minimum Gasteiger partial charge on any atom is -0.466 e. The van der Waals surface area contributed by atoms with Gasteiger partial charge >= 0.3 is 5.97 Å². The van der Waals surface area contributed by atoms with E-state index in [0.29, 0.717) is 12.6 Å². The number of hydrogen-bond acceptors (Lipinski definition) is 4. The Morgan fingerprint density at radius 2 is 2.10 bits per heavy atom. The van der Waals surface area contributed by atoms with Crippen molar-refractivity contribution < 1.29 is 14.3 Å². The van der Waals surface area contributed by atoms with Crippen LogP contribution in [0, 0.1) is 0 Å². The van der Waals surface area contributed by atoms with Crippen molar-refractivity contribution in [2.75, 3.05) is 25.0 Å². The van der Waals surface area contributed by atoms with Crippen LogP contribution in [0.2, 0.25) is 0 Å². The lowest BCUT2D eigenvalue weighted by Gasteiger charge is -2.39. The number of carbonyl (C=O) groups excluding carboxylic acids is 2. The Morgan fingerprint density at radius 3 is 2.76 bits per heavy atom. The number of benzene rings is 1. The number of carbonyl (C=O) groups is 2. The topological polar surface area (TPSA) is 58.6 Å². The van der Waals surface area contributed by atoms with Crippen LogP contribution in [0.25, 0.3) is 0 Å². The van der Waals surface area contributed by atoms with Crippen molar-refractivity contribution in [1.29, 1.82) is 0 Å². The van der Waals surface area contributed by atoms with Gasteiger partial charge < -0.3 is 15.0 Å². The van der Waals surface area contributed by atoms with E-state index in [9.17, 15) is 9.59 Å². The molecule has 0 radical (unpaired) electrons. The number of hydrogen-bond donors (Lipinski definition) is 1. The Balaban J connectivity index is 1.76. The van der Waals surface area contributed by atoms with Crippen molar-refractivity contribution in [3.05, 3.63) is 29.8 Å². The third-order valence-electron chi connectivity index (χ3n) is 3.54. The fourth-order valence-electron chi connectivity index (χ4n) is 2.37. The third-order valence-corrected chi connectivity index (χ3v) is 3.54. The smallest absolute Gasteiger partial charge is 0.302 e. The van der Waals surface area contributed by atoms with Crippen LogP contribution < -0.4 is 5.32 Å². The highest BCUT2D eigenvalue weighted by molar-refractivity contribution is 5.74. The van der Waals surface area contributed by atoms with Crippen LogP contribution in [0.1, 0.15) is 25.8 Å². The van der Waals surface area contributed by atoms with Gasteiger partial charge in [0, 0.05) is 32.6 Å². The molecule has 1 aromatic rings. The van der Waals surface area contributed by atoms with Gasteiger partial charge in [0.15, 0.2) is 0 Å². The van der Waals surface area contributed by atoms with Crippen LogP contribution >= 0.6 is 0 Å². The normalized spacial score (nSPS) is 14.5. The van der Waals surface area contributed by atoms with Gasteiger partial charge in [-0.3, -0.25) is 9.59 Å². The molecular formula is C16H22N2O3. The van der Waals surface area contributed by atoms with Crippen LogP contribution in [0.5, 0.6) is 0 Å². The molecule has 2 rings (SSSR count). The number of ether oxygens (including phenoxy) is 1. The molecule has 1 fully saturated rings. The highest BCUT2D eigenvalue weighted by atomic mass is 16.5. The van der Waals surface area contributed by atoms with E-state index in [2.05, 4.69) is 17.4 Å². The summed E-state index contributed by atoms with van der Waals surface area (Å²) in [6.07, 6.45) is 1.71. The maximum absolute atomic E-state index is 11.1. The number of nitrogens with zero attached hydrogens (tertiary/aromatic N) is 1. The quantitative estimate of drug-likeness (QED) is 0.641. The molecule has 5 nitrogen and oxygen atoms in total. The van der Waals surface area contributed by atoms with E-state index in [0.717, 1.165) is 31.6 Å². The number of amides is 1. The van der Waals surface area contributed by atoms with Crippen molar-refractivity contribution in [2.24, 2.45) is 0 Å². The zero-order valence-corrected chi connectivity index (χ0v) is 12.6. The summed E-state index contributed by atoms with van der Waals surface area (Å²) >= 11 is 0. The Morgan fingerprint density at radius 1 is 1.33 bits per heavy atom. The molecule has 1 aliphatic rings. The number of likely N-dealkylation sites (tertiary alicyclic amines) is 1. The molecular weight excluding hydrogens is 268 g/mol. The summed E-state index contributed by atoms with van der Waals surface area (Å²) in [5.74, 6) is -0.0994. The molecule has 0 aromatic heterocycles.